The Kier molecular flexibility index (Phi) is 8.28. The van der Waals surface area contributed by atoms with Crippen LogP contribution in [-0.4, -0.2) is 45.9 Å². The maximum absolute atomic E-state index is 5.81. The Hall–Kier alpha value is -1.75. The maximum atomic E-state index is 5.81. The number of aliphatic imine (C=N–C) groups is 1. The molecule has 0 radical (unpaired) electrons. The summed E-state index contributed by atoms with van der Waals surface area (Å²) in [5.74, 6) is 0.496. The van der Waals surface area contributed by atoms with Crippen molar-refractivity contribution in [1.29, 1.82) is 0 Å². The molecule has 118 valence electrons. The first-order chi connectivity index (χ1) is 10.1. The lowest BCUT2D eigenvalue weighted by molar-refractivity contribution is 0.179. The second kappa shape index (κ2) is 10.0. The van der Waals surface area contributed by atoms with E-state index in [4.69, 9.17) is 10.5 Å². The number of nitrogens with one attached hydrogen (secondary N) is 1. The van der Waals surface area contributed by atoms with Gasteiger partial charge >= 0.3 is 0 Å². The molecular formula is C16H28N4O. The average molecular weight is 292 g/mol. The van der Waals surface area contributed by atoms with Gasteiger partial charge in [0.05, 0.1) is 6.61 Å². The van der Waals surface area contributed by atoms with Gasteiger partial charge in [0.2, 0.25) is 0 Å². The Bertz CT molecular complexity index is 408. The monoisotopic (exact) mass is 292 g/mol. The van der Waals surface area contributed by atoms with Crippen LogP contribution >= 0.6 is 0 Å². The Morgan fingerprint density at radius 1 is 1.33 bits per heavy atom. The lowest BCUT2D eigenvalue weighted by Gasteiger charge is -2.18. The summed E-state index contributed by atoms with van der Waals surface area (Å²) in [7, 11) is 3.79. The van der Waals surface area contributed by atoms with E-state index < -0.39 is 0 Å². The normalized spacial score (nSPS) is 13.0. The highest BCUT2D eigenvalue weighted by atomic mass is 16.5. The number of hydrogen-bond acceptors (Lipinski definition) is 3. The second-order valence-corrected chi connectivity index (χ2v) is 5.23. The first-order valence-corrected chi connectivity index (χ1v) is 7.45. The summed E-state index contributed by atoms with van der Waals surface area (Å²) < 4.78 is 5.04. The molecule has 0 heterocycles. The van der Waals surface area contributed by atoms with Gasteiger partial charge in [-0.05, 0) is 31.9 Å². The first-order valence-electron chi connectivity index (χ1n) is 7.45. The summed E-state index contributed by atoms with van der Waals surface area (Å²) in [4.78, 5) is 6.58. The summed E-state index contributed by atoms with van der Waals surface area (Å²) in [6.45, 7) is 4.41. The highest BCUT2D eigenvalue weighted by Crippen LogP contribution is 2.11. The number of benzene rings is 1. The van der Waals surface area contributed by atoms with Crippen molar-refractivity contribution in [2.75, 3.05) is 38.8 Å². The molecule has 21 heavy (non-hydrogen) atoms. The zero-order chi connectivity index (χ0) is 15.5. The van der Waals surface area contributed by atoms with Crippen molar-refractivity contribution in [1.82, 2.24) is 5.32 Å². The number of unbranched alkanes of at least 4 members (excludes halogenated alkanes) is 1. The van der Waals surface area contributed by atoms with Crippen molar-refractivity contribution < 1.29 is 4.74 Å². The number of rotatable bonds is 9. The largest absolute Gasteiger partial charge is 0.383 e. The van der Waals surface area contributed by atoms with Crippen LogP contribution in [0, 0.1) is 0 Å². The van der Waals surface area contributed by atoms with Crippen molar-refractivity contribution in [3.05, 3.63) is 30.3 Å². The third-order valence-electron chi connectivity index (χ3n) is 3.19. The number of ether oxygens (including phenoxy) is 1. The highest BCUT2D eigenvalue weighted by Gasteiger charge is 2.01. The van der Waals surface area contributed by atoms with Crippen LogP contribution < -0.4 is 16.0 Å². The summed E-state index contributed by atoms with van der Waals surface area (Å²) in [6, 6.07) is 10.6. The lowest BCUT2D eigenvalue weighted by Crippen LogP contribution is -2.40. The molecule has 1 atom stereocenters. The second-order valence-electron chi connectivity index (χ2n) is 5.23. The molecule has 1 aromatic rings. The fraction of sp³-hybridized carbons (Fsp3) is 0.562. The number of nitrogens with zero attached hydrogens (tertiary/aromatic N) is 2. The van der Waals surface area contributed by atoms with Gasteiger partial charge < -0.3 is 20.7 Å². The summed E-state index contributed by atoms with van der Waals surface area (Å²) >= 11 is 0. The molecule has 1 rings (SSSR count). The minimum absolute atomic E-state index is 0.183. The Labute approximate surface area is 128 Å². The van der Waals surface area contributed by atoms with Gasteiger partial charge in [-0.15, -0.1) is 0 Å². The van der Waals surface area contributed by atoms with Crippen LogP contribution in [0.1, 0.15) is 19.8 Å². The average Bonchev–Trinajstić information content (AvgIpc) is 2.47. The topological polar surface area (TPSA) is 62.9 Å². The molecule has 0 aliphatic carbocycles. The molecule has 0 fully saturated rings. The molecule has 0 amide bonds. The van der Waals surface area contributed by atoms with Crippen molar-refractivity contribution in [3.8, 4) is 0 Å². The Morgan fingerprint density at radius 2 is 2.05 bits per heavy atom. The molecule has 0 saturated heterocycles. The third-order valence-corrected chi connectivity index (χ3v) is 3.19. The molecule has 1 aromatic carbocycles. The highest BCUT2D eigenvalue weighted by molar-refractivity contribution is 5.78. The van der Waals surface area contributed by atoms with Gasteiger partial charge in [0.25, 0.3) is 0 Å². The fourth-order valence-electron chi connectivity index (χ4n) is 2.06. The van der Waals surface area contributed by atoms with E-state index in [0.29, 0.717) is 12.6 Å². The van der Waals surface area contributed by atoms with Crippen LogP contribution in [0.15, 0.2) is 35.3 Å². The van der Waals surface area contributed by atoms with Crippen molar-refractivity contribution in [2.24, 2.45) is 10.7 Å². The summed E-state index contributed by atoms with van der Waals surface area (Å²) in [5, 5.41) is 3.10. The number of methoxy groups -OCH3 is 1. The number of anilines is 1. The predicted molar refractivity (Wildman–Crippen MR) is 89.9 cm³/mol. The van der Waals surface area contributed by atoms with E-state index in [0.717, 1.165) is 25.9 Å². The zero-order valence-electron chi connectivity index (χ0n) is 13.4. The third kappa shape index (κ3) is 7.56. The number of para-hydroxylation sites is 1. The molecule has 0 bridgehead atoms. The summed E-state index contributed by atoms with van der Waals surface area (Å²) in [5.41, 5.74) is 7.06. The summed E-state index contributed by atoms with van der Waals surface area (Å²) in [6.07, 6.45) is 2.12. The Balaban J connectivity index is 2.16. The van der Waals surface area contributed by atoms with Crippen molar-refractivity contribution >= 4 is 11.6 Å². The van der Waals surface area contributed by atoms with E-state index >= 15 is 0 Å². The quantitative estimate of drug-likeness (QED) is 0.414. The molecule has 1 unspecified atom stereocenters. The Morgan fingerprint density at radius 3 is 2.71 bits per heavy atom. The van der Waals surface area contributed by atoms with E-state index in [1.165, 1.54) is 5.69 Å². The first kappa shape index (κ1) is 17.3. The van der Waals surface area contributed by atoms with E-state index in [1.54, 1.807) is 7.11 Å². The molecule has 0 aliphatic rings. The molecular weight excluding hydrogens is 264 g/mol. The predicted octanol–water partition coefficient (Wildman–Crippen LogP) is 1.84. The number of nitrogens with two attached hydrogens (primary N) is 1. The zero-order valence-corrected chi connectivity index (χ0v) is 13.4. The standard InChI is InChI=1S/C16H28N4O/c1-14(13-21-3)19-16(17)18-11-7-8-12-20(2)15-9-5-4-6-10-15/h4-6,9-10,14H,7-8,11-13H2,1-3H3,(H3,17,18,19). The fourth-order valence-corrected chi connectivity index (χ4v) is 2.06. The van der Waals surface area contributed by atoms with Crippen LogP contribution in [0.25, 0.3) is 0 Å². The van der Waals surface area contributed by atoms with E-state index in [9.17, 15) is 0 Å². The number of guanidine groups is 1. The molecule has 0 aliphatic heterocycles. The van der Waals surface area contributed by atoms with E-state index in [2.05, 4.69) is 46.5 Å². The molecule has 0 saturated carbocycles. The lowest BCUT2D eigenvalue weighted by atomic mass is 10.2. The minimum atomic E-state index is 0.183. The van der Waals surface area contributed by atoms with Crippen LogP contribution in [-0.2, 0) is 4.74 Å². The van der Waals surface area contributed by atoms with Crippen LogP contribution in [0.5, 0.6) is 0 Å². The molecule has 0 aromatic heterocycles. The number of hydrogen-bond donors (Lipinski definition) is 2. The van der Waals surface area contributed by atoms with Gasteiger partial charge in [0, 0.05) is 39.0 Å². The van der Waals surface area contributed by atoms with Crippen LogP contribution in [0.3, 0.4) is 0 Å². The maximum Gasteiger partial charge on any atom is 0.188 e. The molecule has 5 nitrogen and oxygen atoms in total. The van der Waals surface area contributed by atoms with Gasteiger partial charge in [-0.25, -0.2) is 0 Å². The van der Waals surface area contributed by atoms with Crippen molar-refractivity contribution in [3.63, 3.8) is 0 Å². The van der Waals surface area contributed by atoms with E-state index in [1.807, 2.05) is 13.0 Å². The van der Waals surface area contributed by atoms with Crippen LogP contribution in [0.4, 0.5) is 5.69 Å². The van der Waals surface area contributed by atoms with Gasteiger partial charge in [0.1, 0.15) is 0 Å². The molecule has 3 N–H and O–H groups in total. The smallest absolute Gasteiger partial charge is 0.188 e. The van der Waals surface area contributed by atoms with Gasteiger partial charge in [0.15, 0.2) is 5.96 Å². The SMILES string of the molecule is COCC(C)NC(N)=NCCCCN(C)c1ccccc1. The van der Waals surface area contributed by atoms with Gasteiger partial charge in [-0.3, -0.25) is 4.99 Å². The van der Waals surface area contributed by atoms with Crippen LogP contribution in [0.2, 0.25) is 0 Å². The van der Waals surface area contributed by atoms with Gasteiger partial charge in [-0.1, -0.05) is 18.2 Å². The van der Waals surface area contributed by atoms with Crippen molar-refractivity contribution in [2.45, 2.75) is 25.8 Å². The molecule has 0 spiro atoms. The minimum Gasteiger partial charge on any atom is -0.383 e. The molecule has 5 heteroatoms. The van der Waals surface area contributed by atoms with Gasteiger partial charge in [-0.2, -0.15) is 0 Å². The van der Waals surface area contributed by atoms with E-state index in [-0.39, 0.29) is 6.04 Å².